The van der Waals surface area contributed by atoms with E-state index in [2.05, 4.69) is 31.1 Å². The first kappa shape index (κ1) is 37.9. The number of piperidine rings is 1. The Balaban J connectivity index is 1.37. The Labute approximate surface area is 307 Å². The number of hydrogen-bond acceptors (Lipinski definition) is 7. The summed E-state index contributed by atoms with van der Waals surface area (Å²) in [4.78, 5) is 35.9. The number of alkyl halides is 3. The van der Waals surface area contributed by atoms with Gasteiger partial charge in [0.1, 0.15) is 0 Å². The molecule has 2 saturated heterocycles. The molecule has 0 saturated carbocycles. The SMILES string of the molecule is C=C/C(=C\C=C(/N)N1CCC(N)CC1)c1ccn2c(C(C)N3CCN(CC(F)(F)F)CC3)c(C)c(C(=O)NCc3c(=O)[nH]c(C)c4ccccc34)cc12. The number of halogens is 3. The third kappa shape index (κ3) is 8.22. The number of aromatic amines is 1. The summed E-state index contributed by atoms with van der Waals surface area (Å²) < 4.78 is 41.5. The molecule has 5 heterocycles. The number of allylic oxidation sites excluding steroid dienone is 4. The number of nitrogens with one attached hydrogen (secondary N) is 2. The van der Waals surface area contributed by atoms with Gasteiger partial charge in [0.2, 0.25) is 0 Å². The number of fused-ring (bicyclic) bond motifs is 2. The molecule has 282 valence electrons. The van der Waals surface area contributed by atoms with Crippen LogP contribution in [0, 0.1) is 13.8 Å². The normalized spacial score (nSPS) is 17.8. The second kappa shape index (κ2) is 15.6. The lowest BCUT2D eigenvalue weighted by molar-refractivity contribution is -0.149. The number of benzene rings is 1. The number of nitrogens with zero attached hydrogens (tertiary/aromatic N) is 4. The number of amides is 1. The number of carbonyl (C=O) groups is 1. The van der Waals surface area contributed by atoms with Gasteiger partial charge in [-0.15, -0.1) is 0 Å². The van der Waals surface area contributed by atoms with Crippen LogP contribution in [0.1, 0.15) is 64.2 Å². The van der Waals surface area contributed by atoms with Crippen LogP contribution in [-0.2, 0) is 6.54 Å². The number of pyridine rings is 2. The topological polar surface area (TPSA) is 128 Å². The van der Waals surface area contributed by atoms with Gasteiger partial charge in [-0.25, -0.2) is 0 Å². The van der Waals surface area contributed by atoms with E-state index in [-0.39, 0.29) is 43.2 Å². The molecule has 3 aromatic heterocycles. The van der Waals surface area contributed by atoms with Crippen molar-refractivity contribution in [3.05, 3.63) is 117 Å². The quantitative estimate of drug-likeness (QED) is 0.162. The molecule has 2 fully saturated rings. The maximum absolute atomic E-state index is 14.2. The van der Waals surface area contributed by atoms with Crippen LogP contribution in [0.4, 0.5) is 13.2 Å². The fourth-order valence-corrected chi connectivity index (χ4v) is 7.75. The predicted molar refractivity (Wildman–Crippen MR) is 204 cm³/mol. The summed E-state index contributed by atoms with van der Waals surface area (Å²) in [6, 6.07) is 11.4. The van der Waals surface area contributed by atoms with Gasteiger partial charge in [-0.3, -0.25) is 19.4 Å². The monoisotopic (exact) mass is 730 g/mol. The first-order valence-corrected chi connectivity index (χ1v) is 18.1. The molecule has 2 aliphatic rings. The van der Waals surface area contributed by atoms with Crippen molar-refractivity contribution in [2.45, 2.75) is 58.4 Å². The number of aryl methyl sites for hydroxylation is 1. The molecule has 2 aliphatic heterocycles. The van der Waals surface area contributed by atoms with Crippen LogP contribution >= 0.6 is 0 Å². The van der Waals surface area contributed by atoms with E-state index in [1.165, 1.54) is 4.90 Å². The van der Waals surface area contributed by atoms with Gasteiger partial charge in [-0.2, -0.15) is 13.2 Å². The van der Waals surface area contributed by atoms with Crippen molar-refractivity contribution in [2.75, 3.05) is 45.8 Å². The van der Waals surface area contributed by atoms with Crippen LogP contribution < -0.4 is 22.3 Å². The van der Waals surface area contributed by atoms with Gasteiger partial charge >= 0.3 is 6.18 Å². The summed E-state index contributed by atoms with van der Waals surface area (Å²) in [5.41, 5.74) is 18.0. The Bertz CT molecular complexity index is 2120. The Morgan fingerprint density at radius 2 is 1.72 bits per heavy atom. The molecular formula is C40H49F3N8O2. The molecule has 1 unspecified atom stereocenters. The lowest BCUT2D eigenvalue weighted by Crippen LogP contribution is -2.49. The van der Waals surface area contributed by atoms with Crippen molar-refractivity contribution in [1.82, 2.24) is 29.4 Å². The van der Waals surface area contributed by atoms with Crippen molar-refractivity contribution >= 4 is 27.8 Å². The molecule has 13 heteroatoms. The van der Waals surface area contributed by atoms with Crippen molar-refractivity contribution < 1.29 is 18.0 Å². The minimum atomic E-state index is -4.26. The standard InChI is InChI=1S/C40H49F3N8O2/c1-5-28(10-11-36(45)50-15-12-29(44)13-16-50)31-14-17-51-35(31)22-33(25(2)37(51)27(4)49-20-18-48(19-21-49)24-40(41,42)43)38(52)46-23-34-32-9-7-6-8-30(32)26(3)47-39(34)53/h5-11,14,17,22,27,29H,1,12-13,15-16,18-21,23-24,44-45H2,2-4H3,(H,46,52)(H,47,53)/b28-10+,36-11+. The highest BCUT2D eigenvalue weighted by molar-refractivity contribution is 5.99. The van der Waals surface area contributed by atoms with Crippen LogP contribution in [0.5, 0.6) is 0 Å². The van der Waals surface area contributed by atoms with Gasteiger partial charge in [-0.05, 0) is 68.3 Å². The van der Waals surface area contributed by atoms with E-state index in [1.54, 1.807) is 6.08 Å². The second-order valence-corrected chi connectivity index (χ2v) is 14.2. The van der Waals surface area contributed by atoms with Gasteiger partial charge in [-0.1, -0.05) is 43.0 Å². The smallest absolute Gasteiger partial charge is 0.385 e. The minimum absolute atomic E-state index is 0.0167. The Hall–Kier alpha value is -4.85. The average molecular weight is 731 g/mol. The van der Waals surface area contributed by atoms with Crippen LogP contribution in [-0.4, -0.2) is 88.0 Å². The van der Waals surface area contributed by atoms with Crippen LogP contribution in [0.3, 0.4) is 0 Å². The van der Waals surface area contributed by atoms with Crippen molar-refractivity contribution in [2.24, 2.45) is 11.5 Å². The largest absolute Gasteiger partial charge is 0.401 e. The van der Waals surface area contributed by atoms with Crippen molar-refractivity contribution in [3.63, 3.8) is 0 Å². The molecule has 53 heavy (non-hydrogen) atoms. The Morgan fingerprint density at radius 3 is 2.38 bits per heavy atom. The first-order valence-electron chi connectivity index (χ1n) is 18.1. The van der Waals surface area contributed by atoms with Crippen molar-refractivity contribution in [3.8, 4) is 0 Å². The van der Waals surface area contributed by atoms with E-state index < -0.39 is 12.7 Å². The van der Waals surface area contributed by atoms with Gasteiger partial charge in [0.25, 0.3) is 11.5 Å². The Morgan fingerprint density at radius 1 is 1.04 bits per heavy atom. The zero-order valence-corrected chi connectivity index (χ0v) is 30.6. The molecule has 6 rings (SSSR count). The lowest BCUT2D eigenvalue weighted by atomic mass is 9.98. The molecule has 6 N–H and O–H groups in total. The molecule has 4 aromatic rings. The first-order chi connectivity index (χ1) is 25.3. The Kier molecular flexibility index (Phi) is 11.2. The van der Waals surface area contributed by atoms with E-state index in [4.69, 9.17) is 11.5 Å². The zero-order valence-electron chi connectivity index (χ0n) is 30.6. The van der Waals surface area contributed by atoms with Crippen LogP contribution in [0.15, 0.2) is 78.0 Å². The number of H-pyrrole nitrogens is 1. The van der Waals surface area contributed by atoms with Crippen molar-refractivity contribution in [1.29, 1.82) is 0 Å². The molecule has 1 amide bonds. The van der Waals surface area contributed by atoms with Crippen LogP contribution in [0.25, 0.3) is 21.9 Å². The molecular weight excluding hydrogens is 681 g/mol. The molecule has 0 radical (unpaired) electrons. The van der Waals surface area contributed by atoms with E-state index >= 15 is 0 Å². The predicted octanol–water partition coefficient (Wildman–Crippen LogP) is 5.36. The van der Waals surface area contributed by atoms with Gasteiger partial charge in [0.15, 0.2) is 0 Å². The van der Waals surface area contributed by atoms with E-state index in [1.807, 2.05) is 75.5 Å². The fraction of sp³-hybridized carbons (Fsp3) is 0.400. The number of nitrogens with two attached hydrogens (primary N) is 2. The molecule has 10 nitrogen and oxygen atoms in total. The number of rotatable bonds is 10. The number of aromatic nitrogens is 2. The summed E-state index contributed by atoms with van der Waals surface area (Å²) in [7, 11) is 0. The highest BCUT2D eigenvalue weighted by Crippen LogP contribution is 2.33. The highest BCUT2D eigenvalue weighted by atomic mass is 19.4. The third-order valence-electron chi connectivity index (χ3n) is 10.8. The molecule has 1 atom stereocenters. The number of hydrogen-bond donors (Lipinski definition) is 4. The maximum Gasteiger partial charge on any atom is 0.401 e. The fourth-order valence-electron chi connectivity index (χ4n) is 7.75. The van der Waals surface area contributed by atoms with Gasteiger partial charge in [0.05, 0.1) is 17.9 Å². The highest BCUT2D eigenvalue weighted by Gasteiger charge is 2.34. The number of piperazine rings is 1. The van der Waals surface area contributed by atoms with Gasteiger partial charge < -0.3 is 31.1 Å². The summed E-state index contributed by atoms with van der Waals surface area (Å²) in [5.74, 6) is 0.287. The van der Waals surface area contributed by atoms with E-state index in [9.17, 15) is 22.8 Å². The third-order valence-corrected chi connectivity index (χ3v) is 10.8. The van der Waals surface area contributed by atoms with Gasteiger partial charge in [0, 0.05) is 97.6 Å². The summed E-state index contributed by atoms with van der Waals surface area (Å²) in [6.07, 6.45) is 4.98. The maximum atomic E-state index is 14.2. The molecule has 0 spiro atoms. The minimum Gasteiger partial charge on any atom is -0.385 e. The summed E-state index contributed by atoms with van der Waals surface area (Å²) in [5, 5.41) is 4.69. The summed E-state index contributed by atoms with van der Waals surface area (Å²) in [6.45, 7) is 11.9. The number of likely N-dealkylation sites (tertiary alicyclic amines) is 1. The number of carbonyl (C=O) groups excluding carboxylic acids is 1. The molecule has 0 aliphatic carbocycles. The average Bonchev–Trinajstić information content (AvgIpc) is 3.54. The van der Waals surface area contributed by atoms with E-state index in [0.29, 0.717) is 30.0 Å². The van der Waals surface area contributed by atoms with Crippen LogP contribution in [0.2, 0.25) is 0 Å². The molecule has 1 aromatic carbocycles. The molecule has 0 bridgehead atoms. The lowest BCUT2D eigenvalue weighted by Gasteiger charge is -2.39. The zero-order chi connectivity index (χ0) is 38.0. The second-order valence-electron chi connectivity index (χ2n) is 14.2. The van der Waals surface area contributed by atoms with E-state index in [0.717, 1.165) is 70.3 Å². The summed E-state index contributed by atoms with van der Waals surface area (Å²) >= 11 is 0.